The normalized spacial score (nSPS) is 12.0. The quantitative estimate of drug-likeness (QED) is 0.261. The summed E-state index contributed by atoms with van der Waals surface area (Å²) in [4.78, 5) is 20.8. The van der Waals surface area contributed by atoms with Crippen LogP contribution in [0.2, 0.25) is 0 Å². The van der Waals surface area contributed by atoms with Gasteiger partial charge in [-0.05, 0) is 52.7 Å². The van der Waals surface area contributed by atoms with Crippen LogP contribution in [0.3, 0.4) is 0 Å². The number of nitrogens with one attached hydrogen (secondary N) is 3. The van der Waals surface area contributed by atoms with Gasteiger partial charge >= 0.3 is 6.09 Å². The molecule has 1 heterocycles. The minimum Gasteiger partial charge on any atom is -0.444 e. The van der Waals surface area contributed by atoms with Gasteiger partial charge in [0.05, 0.1) is 18.4 Å². The number of amides is 1. The first-order chi connectivity index (χ1) is 14.6. The highest BCUT2D eigenvalue weighted by Crippen LogP contribution is 2.10. The topological polar surface area (TPSA) is 92.6 Å². The van der Waals surface area contributed by atoms with E-state index < -0.39 is 17.2 Å². The number of guanidine groups is 1. The number of hydrogen-bond donors (Lipinski definition) is 3. The Morgan fingerprint density at radius 2 is 1.75 bits per heavy atom. The van der Waals surface area contributed by atoms with Crippen molar-refractivity contribution in [3.63, 3.8) is 0 Å². The van der Waals surface area contributed by atoms with E-state index in [9.17, 15) is 4.79 Å². The van der Waals surface area contributed by atoms with Crippen LogP contribution in [-0.2, 0) is 17.8 Å². The van der Waals surface area contributed by atoms with Gasteiger partial charge in [-0.1, -0.05) is 24.3 Å². The Morgan fingerprint density at radius 1 is 1.09 bits per heavy atom. The van der Waals surface area contributed by atoms with Gasteiger partial charge in [0.25, 0.3) is 0 Å². The molecule has 9 heteroatoms. The van der Waals surface area contributed by atoms with Crippen molar-refractivity contribution in [2.75, 3.05) is 13.1 Å². The van der Waals surface area contributed by atoms with Crippen LogP contribution in [0.1, 0.15) is 52.7 Å². The molecule has 2 aromatic rings. The molecule has 178 valence electrons. The molecule has 0 saturated heterocycles. The fraction of sp³-hybridized carbons (Fsp3) is 0.522. The zero-order valence-electron chi connectivity index (χ0n) is 19.9. The van der Waals surface area contributed by atoms with Crippen LogP contribution in [0.25, 0.3) is 0 Å². The predicted octanol–water partition coefficient (Wildman–Crippen LogP) is 3.91. The Labute approximate surface area is 208 Å². The molecule has 0 saturated carbocycles. The van der Waals surface area contributed by atoms with E-state index in [1.807, 2.05) is 58.6 Å². The number of aliphatic imine (C=N–C) groups is 1. The lowest BCUT2D eigenvalue weighted by Crippen LogP contribution is -2.54. The van der Waals surface area contributed by atoms with Gasteiger partial charge in [0, 0.05) is 32.0 Å². The van der Waals surface area contributed by atoms with Gasteiger partial charge in [-0.3, -0.25) is 0 Å². The third-order valence-corrected chi connectivity index (χ3v) is 4.25. The maximum atomic E-state index is 12.1. The van der Waals surface area contributed by atoms with Crippen LogP contribution in [0.4, 0.5) is 4.79 Å². The highest BCUT2D eigenvalue weighted by Gasteiger charge is 2.24. The van der Waals surface area contributed by atoms with Crippen LogP contribution in [0.5, 0.6) is 0 Å². The summed E-state index contributed by atoms with van der Waals surface area (Å²) in [5, 5.41) is 9.44. The number of nitrogens with zero attached hydrogens (tertiary/aromatic N) is 3. The van der Waals surface area contributed by atoms with E-state index in [1.54, 1.807) is 6.20 Å². The van der Waals surface area contributed by atoms with E-state index >= 15 is 0 Å². The molecule has 0 bridgehead atoms. The van der Waals surface area contributed by atoms with Crippen molar-refractivity contribution in [3.8, 4) is 0 Å². The van der Waals surface area contributed by atoms with Crippen molar-refractivity contribution in [1.29, 1.82) is 0 Å². The minimum absolute atomic E-state index is 0. The lowest BCUT2D eigenvalue weighted by atomic mass is 10.1. The first-order valence-electron chi connectivity index (χ1n) is 10.6. The fourth-order valence-electron chi connectivity index (χ4n) is 2.78. The van der Waals surface area contributed by atoms with E-state index in [4.69, 9.17) is 4.74 Å². The molecule has 1 amide bonds. The highest BCUT2D eigenvalue weighted by atomic mass is 127. The van der Waals surface area contributed by atoms with Crippen molar-refractivity contribution >= 4 is 36.0 Å². The van der Waals surface area contributed by atoms with E-state index in [1.165, 1.54) is 5.56 Å². The Bertz CT molecular complexity index is 842. The van der Waals surface area contributed by atoms with Crippen LogP contribution < -0.4 is 16.0 Å². The third-order valence-electron chi connectivity index (χ3n) is 4.25. The lowest BCUT2D eigenvalue weighted by Gasteiger charge is -2.29. The maximum absolute atomic E-state index is 12.1. The summed E-state index contributed by atoms with van der Waals surface area (Å²) in [6, 6.07) is 8.40. The van der Waals surface area contributed by atoms with Crippen LogP contribution in [-0.4, -0.2) is 45.8 Å². The third kappa shape index (κ3) is 10.8. The molecule has 0 fully saturated rings. The van der Waals surface area contributed by atoms with Gasteiger partial charge < -0.3 is 25.3 Å². The van der Waals surface area contributed by atoms with E-state index in [0.29, 0.717) is 19.0 Å². The second-order valence-corrected chi connectivity index (χ2v) is 9.11. The first kappa shape index (κ1) is 27.7. The summed E-state index contributed by atoms with van der Waals surface area (Å²) >= 11 is 0. The number of rotatable bonds is 8. The van der Waals surface area contributed by atoms with Crippen molar-refractivity contribution in [2.24, 2.45) is 4.99 Å². The van der Waals surface area contributed by atoms with Gasteiger partial charge in [-0.2, -0.15) is 0 Å². The Balaban J connectivity index is 0.00000512. The van der Waals surface area contributed by atoms with E-state index in [2.05, 4.69) is 50.2 Å². The van der Waals surface area contributed by atoms with Crippen LogP contribution >= 0.6 is 24.0 Å². The van der Waals surface area contributed by atoms with E-state index in [-0.39, 0.29) is 24.0 Å². The van der Waals surface area contributed by atoms with Crippen molar-refractivity contribution in [1.82, 2.24) is 25.5 Å². The largest absolute Gasteiger partial charge is 0.444 e. The average Bonchev–Trinajstić information content (AvgIpc) is 3.16. The van der Waals surface area contributed by atoms with Gasteiger partial charge in [-0.15, -0.1) is 24.0 Å². The summed E-state index contributed by atoms with van der Waals surface area (Å²) in [5.74, 6) is 0.698. The summed E-state index contributed by atoms with van der Waals surface area (Å²) in [6.07, 6.45) is 5.11. The number of carbonyl (C=O) groups is 1. The van der Waals surface area contributed by atoms with Crippen molar-refractivity contribution in [2.45, 2.75) is 65.8 Å². The summed E-state index contributed by atoms with van der Waals surface area (Å²) in [6.45, 7) is 14.0. The number of alkyl carbamates (subject to hydrolysis) is 1. The average molecular weight is 556 g/mol. The second kappa shape index (κ2) is 12.7. The Hall–Kier alpha value is -2.30. The standard InChI is InChI=1S/C23H36N6O2.HI/c1-7-25-20(27-16-23(5,6)28-21(30)31-22(2,3)4)26-14-18-8-10-19(11-9-18)15-29-13-12-24-17-29;/h8-13,17H,7,14-16H2,1-6H3,(H,28,30)(H2,25,26,27);1H. The molecule has 8 nitrogen and oxygen atoms in total. The molecule has 32 heavy (non-hydrogen) atoms. The van der Waals surface area contributed by atoms with Crippen LogP contribution in [0, 0.1) is 0 Å². The predicted molar refractivity (Wildman–Crippen MR) is 139 cm³/mol. The first-order valence-corrected chi connectivity index (χ1v) is 10.6. The number of halogens is 1. The number of hydrogen-bond acceptors (Lipinski definition) is 4. The molecule has 0 spiro atoms. The van der Waals surface area contributed by atoms with Crippen molar-refractivity contribution in [3.05, 3.63) is 54.1 Å². The molecular weight excluding hydrogens is 519 g/mol. The highest BCUT2D eigenvalue weighted by molar-refractivity contribution is 14.0. The van der Waals surface area contributed by atoms with Gasteiger partial charge in [0.2, 0.25) is 0 Å². The summed E-state index contributed by atoms with van der Waals surface area (Å²) in [7, 11) is 0. The second-order valence-electron chi connectivity index (χ2n) is 9.11. The van der Waals surface area contributed by atoms with Gasteiger partial charge in [-0.25, -0.2) is 14.8 Å². The van der Waals surface area contributed by atoms with E-state index in [0.717, 1.165) is 18.7 Å². The Kier molecular flexibility index (Phi) is 11.0. The molecule has 0 aliphatic rings. The monoisotopic (exact) mass is 556 g/mol. The number of ether oxygens (including phenoxy) is 1. The number of aromatic nitrogens is 2. The molecule has 0 unspecified atom stereocenters. The molecule has 0 aliphatic carbocycles. The molecule has 2 rings (SSSR count). The molecule has 0 radical (unpaired) electrons. The zero-order valence-corrected chi connectivity index (χ0v) is 22.3. The summed E-state index contributed by atoms with van der Waals surface area (Å²) < 4.78 is 7.38. The molecule has 1 aromatic heterocycles. The molecule has 1 aromatic carbocycles. The molecular formula is C23H37IN6O2. The Morgan fingerprint density at radius 3 is 2.31 bits per heavy atom. The molecule has 0 aliphatic heterocycles. The number of imidazole rings is 1. The van der Waals surface area contributed by atoms with Crippen LogP contribution in [0.15, 0.2) is 48.0 Å². The van der Waals surface area contributed by atoms with Gasteiger partial charge in [0.15, 0.2) is 5.96 Å². The fourth-order valence-corrected chi connectivity index (χ4v) is 2.78. The zero-order chi connectivity index (χ0) is 22.9. The SMILES string of the molecule is CCNC(=NCc1ccc(Cn2ccnc2)cc1)NCC(C)(C)NC(=O)OC(C)(C)C.I. The van der Waals surface area contributed by atoms with Crippen molar-refractivity contribution < 1.29 is 9.53 Å². The smallest absolute Gasteiger partial charge is 0.408 e. The maximum Gasteiger partial charge on any atom is 0.408 e. The minimum atomic E-state index is -0.529. The molecule has 3 N–H and O–H groups in total. The number of carbonyl (C=O) groups excluding carboxylic acids is 1. The lowest BCUT2D eigenvalue weighted by molar-refractivity contribution is 0.0474. The van der Waals surface area contributed by atoms with Gasteiger partial charge in [0.1, 0.15) is 5.60 Å². The molecule has 0 atom stereocenters. The number of benzene rings is 1. The summed E-state index contributed by atoms with van der Waals surface area (Å²) in [5.41, 5.74) is 1.30.